The molecule has 0 unspecified atom stereocenters. The zero-order valence-electron chi connectivity index (χ0n) is 9.80. The van der Waals surface area contributed by atoms with E-state index in [1.54, 1.807) is 12.4 Å². The molecule has 0 bridgehead atoms. The first-order valence-electron chi connectivity index (χ1n) is 6.07. The van der Waals surface area contributed by atoms with E-state index in [-0.39, 0.29) is 0 Å². The van der Waals surface area contributed by atoms with Gasteiger partial charge in [-0.2, -0.15) is 4.68 Å². The first-order chi connectivity index (χ1) is 8.36. The summed E-state index contributed by atoms with van der Waals surface area (Å²) in [5, 5.41) is 0. The average Bonchev–Trinajstić information content (AvgIpc) is 2.88. The van der Waals surface area contributed by atoms with E-state index in [1.165, 1.54) is 30.5 Å². The van der Waals surface area contributed by atoms with E-state index in [9.17, 15) is 0 Å². The van der Waals surface area contributed by atoms with Gasteiger partial charge in [-0.25, -0.2) is 4.98 Å². The highest BCUT2D eigenvalue weighted by atomic mass is 15.6. The minimum atomic E-state index is 0.931. The van der Waals surface area contributed by atoms with Crippen LogP contribution in [-0.4, -0.2) is 19.3 Å². The van der Waals surface area contributed by atoms with Gasteiger partial charge in [-0.05, 0) is 19.3 Å². The SMILES string of the molecule is Cn1c2nccnc2[n+]2c3c(cn12)CCCC3. The second-order valence-electron chi connectivity index (χ2n) is 4.67. The molecule has 4 rings (SSSR count). The Balaban J connectivity index is 2.22. The van der Waals surface area contributed by atoms with Gasteiger partial charge >= 0.3 is 5.65 Å². The lowest BCUT2D eigenvalue weighted by molar-refractivity contribution is -0.605. The lowest BCUT2D eigenvalue weighted by Gasteiger charge is -2.07. The summed E-state index contributed by atoms with van der Waals surface area (Å²) < 4.78 is 6.39. The van der Waals surface area contributed by atoms with Crippen molar-refractivity contribution in [1.82, 2.24) is 19.3 Å². The molecule has 0 atom stereocenters. The standard InChI is InChI=1S/C12H14N5/c1-15-11-12(14-7-6-13-11)17-10-5-3-2-4-9(10)8-16(15)17/h6-8H,2-5H2,1H3/q+1. The number of aromatic nitrogens is 5. The van der Waals surface area contributed by atoms with Crippen LogP contribution in [0.4, 0.5) is 0 Å². The fourth-order valence-electron chi connectivity index (χ4n) is 2.86. The van der Waals surface area contributed by atoms with Crippen LogP contribution in [-0.2, 0) is 19.9 Å². The molecule has 0 saturated carbocycles. The third-order valence-corrected chi connectivity index (χ3v) is 3.69. The molecule has 0 amide bonds. The Morgan fingerprint density at radius 1 is 1.18 bits per heavy atom. The maximum atomic E-state index is 4.47. The van der Waals surface area contributed by atoms with Crippen molar-refractivity contribution in [3.63, 3.8) is 0 Å². The van der Waals surface area contributed by atoms with Crippen molar-refractivity contribution in [1.29, 1.82) is 0 Å². The highest BCUT2D eigenvalue weighted by Crippen LogP contribution is 2.19. The molecule has 0 spiro atoms. The van der Waals surface area contributed by atoms with E-state index >= 15 is 0 Å². The molecule has 5 nitrogen and oxygen atoms in total. The van der Waals surface area contributed by atoms with Crippen LogP contribution in [0.1, 0.15) is 24.1 Å². The van der Waals surface area contributed by atoms with Gasteiger partial charge in [0.15, 0.2) is 0 Å². The molecule has 1 aliphatic carbocycles. The van der Waals surface area contributed by atoms with E-state index < -0.39 is 0 Å². The van der Waals surface area contributed by atoms with Gasteiger partial charge in [0.05, 0.1) is 19.4 Å². The summed E-state index contributed by atoms with van der Waals surface area (Å²) in [4.78, 5) is 8.87. The number of hydrogen-bond donors (Lipinski definition) is 0. The Kier molecular flexibility index (Phi) is 1.65. The first-order valence-corrected chi connectivity index (χ1v) is 6.07. The predicted octanol–water partition coefficient (Wildman–Crippen LogP) is 0.685. The van der Waals surface area contributed by atoms with Gasteiger partial charge in [0.25, 0.3) is 5.65 Å². The first kappa shape index (κ1) is 9.15. The topological polar surface area (TPSA) is 39.2 Å². The number of aryl methyl sites for hydroxylation is 3. The molecule has 0 fully saturated rings. The number of nitrogens with zero attached hydrogens (tertiary/aromatic N) is 5. The Labute approximate surface area is 98.3 Å². The molecule has 1 aliphatic rings. The molecular formula is C12H14N5+. The van der Waals surface area contributed by atoms with Crippen LogP contribution >= 0.6 is 0 Å². The van der Waals surface area contributed by atoms with Crippen molar-refractivity contribution >= 4 is 11.3 Å². The van der Waals surface area contributed by atoms with E-state index in [0.29, 0.717) is 0 Å². The maximum absolute atomic E-state index is 4.47. The fraction of sp³-hybridized carbons (Fsp3) is 0.417. The van der Waals surface area contributed by atoms with E-state index in [4.69, 9.17) is 0 Å². The molecule has 0 aromatic carbocycles. The third kappa shape index (κ3) is 1.06. The quantitative estimate of drug-likeness (QED) is 0.531. The summed E-state index contributed by atoms with van der Waals surface area (Å²) in [5.74, 6) is 0. The molecule has 0 saturated heterocycles. The molecule has 3 heterocycles. The lowest BCUT2D eigenvalue weighted by atomic mass is 9.98. The van der Waals surface area contributed by atoms with Crippen LogP contribution in [0.25, 0.3) is 11.3 Å². The minimum Gasteiger partial charge on any atom is -0.214 e. The fourth-order valence-corrected chi connectivity index (χ4v) is 2.86. The van der Waals surface area contributed by atoms with Gasteiger partial charge in [-0.1, -0.05) is 4.63 Å². The molecular weight excluding hydrogens is 214 g/mol. The van der Waals surface area contributed by atoms with Crippen molar-refractivity contribution in [2.75, 3.05) is 0 Å². The Morgan fingerprint density at radius 3 is 2.94 bits per heavy atom. The molecule has 0 N–H and O–H groups in total. The van der Waals surface area contributed by atoms with Crippen LogP contribution in [0.3, 0.4) is 0 Å². The van der Waals surface area contributed by atoms with Gasteiger partial charge in [0, 0.05) is 12.0 Å². The zero-order valence-corrected chi connectivity index (χ0v) is 9.80. The summed E-state index contributed by atoms with van der Waals surface area (Å²) >= 11 is 0. The van der Waals surface area contributed by atoms with Crippen molar-refractivity contribution in [3.8, 4) is 0 Å². The van der Waals surface area contributed by atoms with Crippen LogP contribution in [0.2, 0.25) is 0 Å². The summed E-state index contributed by atoms with van der Waals surface area (Å²) in [5.41, 5.74) is 4.75. The number of fused-ring (bicyclic) bond motifs is 5. The Bertz CT molecular complexity index is 721. The largest absolute Gasteiger partial charge is 0.346 e. The summed E-state index contributed by atoms with van der Waals surface area (Å²) in [7, 11) is 2.03. The maximum Gasteiger partial charge on any atom is 0.346 e. The van der Waals surface area contributed by atoms with E-state index in [0.717, 1.165) is 17.7 Å². The summed E-state index contributed by atoms with van der Waals surface area (Å²) in [6.45, 7) is 0. The van der Waals surface area contributed by atoms with Crippen molar-refractivity contribution in [2.45, 2.75) is 25.7 Å². The van der Waals surface area contributed by atoms with Crippen LogP contribution in [0.5, 0.6) is 0 Å². The number of rotatable bonds is 0. The smallest absolute Gasteiger partial charge is 0.214 e. The molecule has 0 aliphatic heterocycles. The second-order valence-corrected chi connectivity index (χ2v) is 4.67. The van der Waals surface area contributed by atoms with Gasteiger partial charge in [-0.15, -0.1) is 9.50 Å². The monoisotopic (exact) mass is 228 g/mol. The molecule has 0 radical (unpaired) electrons. The molecule has 5 heteroatoms. The lowest BCUT2D eigenvalue weighted by Crippen LogP contribution is -2.32. The normalized spacial score (nSPS) is 15.6. The Hall–Kier alpha value is -1.91. The van der Waals surface area contributed by atoms with Gasteiger partial charge < -0.3 is 0 Å². The predicted molar refractivity (Wildman–Crippen MR) is 61.8 cm³/mol. The van der Waals surface area contributed by atoms with Crippen LogP contribution in [0.15, 0.2) is 18.6 Å². The van der Waals surface area contributed by atoms with Crippen molar-refractivity contribution in [2.24, 2.45) is 7.05 Å². The van der Waals surface area contributed by atoms with Crippen LogP contribution < -0.4 is 4.52 Å². The average molecular weight is 228 g/mol. The molecule has 86 valence electrons. The highest BCUT2D eigenvalue weighted by Gasteiger charge is 2.25. The Morgan fingerprint density at radius 2 is 2.00 bits per heavy atom. The minimum absolute atomic E-state index is 0.931. The van der Waals surface area contributed by atoms with E-state index in [2.05, 4.69) is 30.0 Å². The second kappa shape index (κ2) is 3.06. The molecule has 3 aromatic heterocycles. The van der Waals surface area contributed by atoms with Gasteiger partial charge in [-0.3, -0.25) is 0 Å². The highest BCUT2D eigenvalue weighted by molar-refractivity contribution is 5.60. The summed E-state index contributed by atoms with van der Waals surface area (Å²) in [6.07, 6.45) is 10.6. The summed E-state index contributed by atoms with van der Waals surface area (Å²) in [6, 6.07) is 0. The third-order valence-electron chi connectivity index (χ3n) is 3.69. The molecule has 3 aromatic rings. The van der Waals surface area contributed by atoms with Crippen molar-refractivity contribution in [3.05, 3.63) is 29.8 Å². The number of hydrogen-bond acceptors (Lipinski definition) is 2. The zero-order chi connectivity index (χ0) is 11.4. The molecule has 17 heavy (non-hydrogen) atoms. The van der Waals surface area contributed by atoms with Gasteiger partial charge in [0.1, 0.15) is 11.9 Å². The van der Waals surface area contributed by atoms with Gasteiger partial charge in [0.2, 0.25) is 0 Å². The van der Waals surface area contributed by atoms with Crippen LogP contribution in [0, 0.1) is 0 Å². The van der Waals surface area contributed by atoms with E-state index in [1.807, 2.05) is 7.05 Å². The van der Waals surface area contributed by atoms with Crippen molar-refractivity contribution < 1.29 is 4.52 Å².